The summed E-state index contributed by atoms with van der Waals surface area (Å²) in [7, 11) is 1.55. The van der Waals surface area contributed by atoms with Gasteiger partial charge in [0.15, 0.2) is 0 Å². The van der Waals surface area contributed by atoms with Crippen LogP contribution < -0.4 is 10.1 Å². The minimum atomic E-state index is -1.50. The van der Waals surface area contributed by atoms with Crippen molar-refractivity contribution >= 4 is 27.8 Å². The van der Waals surface area contributed by atoms with Crippen molar-refractivity contribution < 1.29 is 19.4 Å². The van der Waals surface area contributed by atoms with Crippen LogP contribution in [0.2, 0.25) is 0 Å². The van der Waals surface area contributed by atoms with Crippen molar-refractivity contribution in [3.63, 3.8) is 0 Å². The van der Waals surface area contributed by atoms with Gasteiger partial charge in [0.05, 0.1) is 7.11 Å². The number of carboxylic acid groups (broad SMARTS) is 1. The molecule has 104 valence electrons. The lowest BCUT2D eigenvalue weighted by atomic mass is 9.99. The van der Waals surface area contributed by atoms with E-state index in [1.807, 2.05) is 20.8 Å². The van der Waals surface area contributed by atoms with Crippen LogP contribution in [0.4, 0.5) is 0 Å². The Morgan fingerprint density at radius 1 is 1.21 bits per heavy atom. The Morgan fingerprint density at radius 2 is 1.79 bits per heavy atom. The summed E-state index contributed by atoms with van der Waals surface area (Å²) in [5, 5.41) is 10.9. The van der Waals surface area contributed by atoms with Crippen LogP contribution in [-0.2, 0) is 16.1 Å². The van der Waals surface area contributed by atoms with Gasteiger partial charge in [-0.15, -0.1) is 0 Å². The fourth-order valence-electron chi connectivity index (χ4n) is 1.88. The highest BCUT2D eigenvalue weighted by Gasteiger charge is 2.18. The molecule has 2 N–H and O–H groups in total. The zero-order valence-corrected chi connectivity index (χ0v) is 12.8. The molecule has 0 aliphatic heterocycles. The van der Waals surface area contributed by atoms with E-state index in [9.17, 15) is 9.59 Å². The van der Waals surface area contributed by atoms with E-state index in [0.29, 0.717) is 5.75 Å². The zero-order valence-electron chi connectivity index (χ0n) is 11.3. The van der Waals surface area contributed by atoms with Gasteiger partial charge in [0.25, 0.3) is 0 Å². The summed E-state index contributed by atoms with van der Waals surface area (Å²) < 4.78 is 6.30. The van der Waals surface area contributed by atoms with Crippen LogP contribution in [0.5, 0.6) is 5.75 Å². The summed E-state index contributed by atoms with van der Waals surface area (Å²) in [5.41, 5.74) is 3.71. The van der Waals surface area contributed by atoms with E-state index in [1.165, 1.54) is 0 Å². The quantitative estimate of drug-likeness (QED) is 0.832. The number of rotatable bonds is 3. The maximum Gasteiger partial charge on any atom is 0.394 e. The van der Waals surface area contributed by atoms with Crippen molar-refractivity contribution in [3.8, 4) is 5.75 Å². The third-order valence-electron chi connectivity index (χ3n) is 3.11. The second kappa shape index (κ2) is 6.06. The third-order valence-corrected chi connectivity index (χ3v) is 4.30. The lowest BCUT2D eigenvalue weighted by molar-refractivity contribution is -0.150. The number of aliphatic carboxylic acids is 1. The molecule has 5 nitrogen and oxygen atoms in total. The number of amides is 1. The van der Waals surface area contributed by atoms with Crippen LogP contribution in [0.1, 0.15) is 22.3 Å². The number of carbonyl (C=O) groups excluding carboxylic acids is 1. The maximum absolute atomic E-state index is 11.1. The number of hydrogen-bond acceptors (Lipinski definition) is 3. The predicted molar refractivity (Wildman–Crippen MR) is 74.4 cm³/mol. The van der Waals surface area contributed by atoms with E-state index < -0.39 is 11.9 Å². The van der Waals surface area contributed by atoms with Crippen LogP contribution in [0.15, 0.2) is 4.47 Å². The first-order valence-corrected chi connectivity index (χ1v) is 6.43. The molecule has 0 bridgehead atoms. The zero-order chi connectivity index (χ0) is 14.7. The van der Waals surface area contributed by atoms with Crippen LogP contribution in [0.3, 0.4) is 0 Å². The van der Waals surface area contributed by atoms with E-state index in [1.54, 1.807) is 7.11 Å². The molecule has 0 aromatic heterocycles. The van der Waals surface area contributed by atoms with Crippen molar-refractivity contribution in [2.45, 2.75) is 27.3 Å². The Balaban J connectivity index is 3.19. The maximum atomic E-state index is 11.1. The molecular weight excluding hydrogens is 314 g/mol. The van der Waals surface area contributed by atoms with Crippen molar-refractivity contribution in [2.24, 2.45) is 0 Å². The predicted octanol–water partition coefficient (Wildman–Crippen LogP) is 2.08. The number of carboxylic acids is 1. The second-order valence-corrected chi connectivity index (χ2v) is 4.98. The molecular formula is C13H16BrNO4. The Hall–Kier alpha value is -1.56. The summed E-state index contributed by atoms with van der Waals surface area (Å²) in [5.74, 6) is -1.86. The molecule has 1 aromatic carbocycles. The fourth-order valence-corrected chi connectivity index (χ4v) is 2.42. The van der Waals surface area contributed by atoms with Crippen molar-refractivity contribution in [1.82, 2.24) is 5.32 Å². The molecule has 0 atom stereocenters. The number of ether oxygens (including phenoxy) is 1. The SMILES string of the molecule is COc1c(C)c(C)c(Br)c(C)c1CNC(=O)C(=O)O. The highest BCUT2D eigenvalue weighted by Crippen LogP contribution is 2.35. The second-order valence-electron chi connectivity index (χ2n) is 4.19. The number of nitrogens with one attached hydrogen (secondary N) is 1. The lowest BCUT2D eigenvalue weighted by Gasteiger charge is -2.18. The Bertz CT molecular complexity index is 540. The summed E-state index contributed by atoms with van der Waals surface area (Å²) in [6.07, 6.45) is 0. The summed E-state index contributed by atoms with van der Waals surface area (Å²) >= 11 is 3.50. The van der Waals surface area contributed by atoms with Crippen LogP contribution >= 0.6 is 15.9 Å². The molecule has 19 heavy (non-hydrogen) atoms. The molecule has 0 heterocycles. The summed E-state index contributed by atoms with van der Waals surface area (Å²) in [6.45, 7) is 5.89. The average Bonchev–Trinajstić information content (AvgIpc) is 2.38. The lowest BCUT2D eigenvalue weighted by Crippen LogP contribution is -2.30. The number of carbonyl (C=O) groups is 2. The summed E-state index contributed by atoms with van der Waals surface area (Å²) in [4.78, 5) is 21.6. The molecule has 0 spiro atoms. The Kier molecular flexibility index (Phi) is 4.94. The number of halogens is 1. The van der Waals surface area contributed by atoms with Crippen molar-refractivity contribution in [3.05, 3.63) is 26.7 Å². The van der Waals surface area contributed by atoms with E-state index in [0.717, 1.165) is 26.7 Å². The largest absolute Gasteiger partial charge is 0.496 e. The van der Waals surface area contributed by atoms with Gasteiger partial charge in [-0.3, -0.25) is 4.79 Å². The minimum absolute atomic E-state index is 0.111. The number of methoxy groups -OCH3 is 1. The monoisotopic (exact) mass is 329 g/mol. The summed E-state index contributed by atoms with van der Waals surface area (Å²) in [6, 6.07) is 0. The van der Waals surface area contributed by atoms with Gasteiger partial charge in [0.1, 0.15) is 5.75 Å². The molecule has 1 rings (SSSR count). The Morgan fingerprint density at radius 3 is 2.26 bits per heavy atom. The smallest absolute Gasteiger partial charge is 0.394 e. The van der Waals surface area contributed by atoms with Gasteiger partial charge in [-0.05, 0) is 37.5 Å². The molecule has 6 heteroatoms. The van der Waals surface area contributed by atoms with Gasteiger partial charge < -0.3 is 15.2 Å². The molecule has 1 amide bonds. The molecule has 0 aliphatic rings. The van der Waals surface area contributed by atoms with E-state index in [4.69, 9.17) is 9.84 Å². The molecule has 0 unspecified atom stereocenters. The topological polar surface area (TPSA) is 75.6 Å². The van der Waals surface area contributed by atoms with Gasteiger partial charge in [0, 0.05) is 16.6 Å². The van der Waals surface area contributed by atoms with Crippen LogP contribution in [-0.4, -0.2) is 24.1 Å². The highest BCUT2D eigenvalue weighted by atomic mass is 79.9. The molecule has 0 saturated heterocycles. The minimum Gasteiger partial charge on any atom is -0.496 e. The fraction of sp³-hybridized carbons (Fsp3) is 0.385. The molecule has 0 radical (unpaired) electrons. The van der Waals surface area contributed by atoms with Crippen LogP contribution in [0, 0.1) is 20.8 Å². The first kappa shape index (κ1) is 15.5. The van der Waals surface area contributed by atoms with E-state index in [-0.39, 0.29) is 6.54 Å². The average molecular weight is 330 g/mol. The van der Waals surface area contributed by atoms with Crippen molar-refractivity contribution in [2.75, 3.05) is 7.11 Å². The molecule has 0 saturated carbocycles. The number of hydrogen-bond donors (Lipinski definition) is 2. The van der Waals surface area contributed by atoms with Gasteiger partial charge in [-0.2, -0.15) is 0 Å². The highest BCUT2D eigenvalue weighted by molar-refractivity contribution is 9.10. The van der Waals surface area contributed by atoms with Crippen LogP contribution in [0.25, 0.3) is 0 Å². The van der Waals surface area contributed by atoms with Crippen molar-refractivity contribution in [1.29, 1.82) is 0 Å². The first-order valence-electron chi connectivity index (χ1n) is 5.64. The molecule has 0 fully saturated rings. The Labute approximate surface area is 120 Å². The number of benzene rings is 1. The molecule has 0 aliphatic carbocycles. The van der Waals surface area contributed by atoms with E-state index >= 15 is 0 Å². The molecule has 1 aromatic rings. The van der Waals surface area contributed by atoms with Gasteiger partial charge >= 0.3 is 11.9 Å². The van der Waals surface area contributed by atoms with Gasteiger partial charge in [0.2, 0.25) is 0 Å². The standard InChI is InChI=1S/C13H16BrNO4/c1-6-7(2)11(19-4)9(8(3)10(6)14)5-15-12(16)13(17)18/h5H2,1-4H3,(H,15,16)(H,17,18). The third kappa shape index (κ3) is 3.07. The van der Waals surface area contributed by atoms with Gasteiger partial charge in [-0.1, -0.05) is 15.9 Å². The van der Waals surface area contributed by atoms with E-state index in [2.05, 4.69) is 21.2 Å². The first-order chi connectivity index (χ1) is 8.81. The van der Waals surface area contributed by atoms with Gasteiger partial charge in [-0.25, -0.2) is 4.79 Å². The normalized spacial score (nSPS) is 10.2.